The summed E-state index contributed by atoms with van der Waals surface area (Å²) in [6, 6.07) is 15.9. The van der Waals surface area contributed by atoms with E-state index in [4.69, 9.17) is 4.74 Å². The number of carbonyl (C=O) groups excluding carboxylic acids is 1. The van der Waals surface area contributed by atoms with E-state index >= 15 is 0 Å². The molecule has 0 fully saturated rings. The minimum Gasteiger partial charge on any atom is -0.437 e. The maximum Gasteiger partial charge on any atom is 0.513 e. The SMILES string of the molecule is COC(=O)Oc1ccc(Cc2ccc(C)cc2)cc1. The van der Waals surface area contributed by atoms with Gasteiger partial charge < -0.3 is 9.47 Å². The molecule has 0 aliphatic rings. The van der Waals surface area contributed by atoms with Crippen molar-refractivity contribution in [2.75, 3.05) is 7.11 Å². The van der Waals surface area contributed by atoms with Crippen molar-refractivity contribution in [2.45, 2.75) is 13.3 Å². The van der Waals surface area contributed by atoms with E-state index in [-0.39, 0.29) is 0 Å². The van der Waals surface area contributed by atoms with Crippen LogP contribution in [0.2, 0.25) is 0 Å². The first-order chi connectivity index (χ1) is 9.17. The molecule has 98 valence electrons. The predicted octanol–water partition coefficient (Wildman–Crippen LogP) is 3.73. The number of aryl methyl sites for hydroxylation is 1. The van der Waals surface area contributed by atoms with Crippen molar-refractivity contribution in [3.05, 3.63) is 65.2 Å². The molecular formula is C16H16O3. The number of methoxy groups -OCH3 is 1. The van der Waals surface area contributed by atoms with Crippen LogP contribution in [0, 0.1) is 6.92 Å². The third-order valence-electron chi connectivity index (χ3n) is 2.82. The Kier molecular flexibility index (Phi) is 4.18. The first-order valence-electron chi connectivity index (χ1n) is 6.07. The van der Waals surface area contributed by atoms with Crippen molar-refractivity contribution >= 4 is 6.16 Å². The zero-order chi connectivity index (χ0) is 13.7. The summed E-state index contributed by atoms with van der Waals surface area (Å²) in [4.78, 5) is 10.9. The highest BCUT2D eigenvalue weighted by atomic mass is 16.7. The molecule has 0 aliphatic carbocycles. The van der Waals surface area contributed by atoms with Crippen LogP contribution < -0.4 is 4.74 Å². The lowest BCUT2D eigenvalue weighted by atomic mass is 10.0. The zero-order valence-electron chi connectivity index (χ0n) is 11.1. The molecule has 0 spiro atoms. The fourth-order valence-corrected chi connectivity index (χ4v) is 1.75. The molecule has 0 bridgehead atoms. The Labute approximate surface area is 112 Å². The van der Waals surface area contributed by atoms with E-state index in [0.717, 1.165) is 6.42 Å². The van der Waals surface area contributed by atoms with Gasteiger partial charge in [0.15, 0.2) is 0 Å². The van der Waals surface area contributed by atoms with Crippen molar-refractivity contribution < 1.29 is 14.3 Å². The maximum atomic E-state index is 10.9. The highest BCUT2D eigenvalue weighted by Gasteiger charge is 2.03. The van der Waals surface area contributed by atoms with Gasteiger partial charge in [-0.1, -0.05) is 42.0 Å². The van der Waals surface area contributed by atoms with E-state index in [1.54, 1.807) is 12.1 Å². The summed E-state index contributed by atoms with van der Waals surface area (Å²) in [5, 5.41) is 0. The van der Waals surface area contributed by atoms with Gasteiger partial charge in [0.25, 0.3) is 0 Å². The Balaban J connectivity index is 2.02. The van der Waals surface area contributed by atoms with E-state index < -0.39 is 6.16 Å². The summed E-state index contributed by atoms with van der Waals surface area (Å²) in [5.41, 5.74) is 3.68. The second-order valence-corrected chi connectivity index (χ2v) is 4.36. The predicted molar refractivity (Wildman–Crippen MR) is 73.5 cm³/mol. The second-order valence-electron chi connectivity index (χ2n) is 4.36. The molecule has 0 aliphatic heterocycles. The smallest absolute Gasteiger partial charge is 0.437 e. The minimum atomic E-state index is -0.703. The third-order valence-corrected chi connectivity index (χ3v) is 2.82. The number of ether oxygens (including phenoxy) is 2. The fourth-order valence-electron chi connectivity index (χ4n) is 1.75. The topological polar surface area (TPSA) is 35.5 Å². The molecule has 0 N–H and O–H groups in total. The lowest BCUT2D eigenvalue weighted by molar-refractivity contribution is 0.121. The van der Waals surface area contributed by atoms with Gasteiger partial charge in [0.2, 0.25) is 0 Å². The number of hydrogen-bond donors (Lipinski definition) is 0. The molecule has 0 aromatic heterocycles. The molecule has 2 rings (SSSR count). The summed E-state index contributed by atoms with van der Waals surface area (Å²) in [5.74, 6) is 0.486. The van der Waals surface area contributed by atoms with Crippen molar-refractivity contribution in [3.63, 3.8) is 0 Å². The molecule has 19 heavy (non-hydrogen) atoms. The number of hydrogen-bond acceptors (Lipinski definition) is 3. The van der Waals surface area contributed by atoms with E-state index in [2.05, 4.69) is 35.9 Å². The van der Waals surface area contributed by atoms with Crippen molar-refractivity contribution in [1.82, 2.24) is 0 Å². The van der Waals surface area contributed by atoms with Gasteiger partial charge >= 0.3 is 6.16 Å². The molecule has 2 aromatic carbocycles. The maximum absolute atomic E-state index is 10.9. The van der Waals surface area contributed by atoms with Crippen LogP contribution in [0.1, 0.15) is 16.7 Å². The summed E-state index contributed by atoms with van der Waals surface area (Å²) in [6.45, 7) is 2.07. The monoisotopic (exact) mass is 256 g/mol. The first kappa shape index (κ1) is 13.1. The second kappa shape index (κ2) is 6.05. The van der Waals surface area contributed by atoms with Crippen LogP contribution in [-0.2, 0) is 11.2 Å². The highest BCUT2D eigenvalue weighted by Crippen LogP contribution is 2.16. The van der Waals surface area contributed by atoms with Gasteiger partial charge in [-0.2, -0.15) is 0 Å². The van der Waals surface area contributed by atoms with Gasteiger partial charge in [0.05, 0.1) is 7.11 Å². The average Bonchev–Trinajstić information content (AvgIpc) is 2.43. The molecule has 0 radical (unpaired) electrons. The quantitative estimate of drug-likeness (QED) is 0.620. The lowest BCUT2D eigenvalue weighted by Crippen LogP contribution is -2.07. The van der Waals surface area contributed by atoms with Crippen LogP contribution >= 0.6 is 0 Å². The normalized spacial score (nSPS) is 10.0. The molecule has 0 atom stereocenters. The Hall–Kier alpha value is -2.29. The van der Waals surface area contributed by atoms with Crippen LogP contribution in [0.3, 0.4) is 0 Å². The van der Waals surface area contributed by atoms with Gasteiger partial charge in [0.1, 0.15) is 5.75 Å². The van der Waals surface area contributed by atoms with Gasteiger partial charge in [-0.3, -0.25) is 0 Å². The van der Waals surface area contributed by atoms with Crippen molar-refractivity contribution in [2.24, 2.45) is 0 Å². The van der Waals surface area contributed by atoms with Crippen molar-refractivity contribution in [3.8, 4) is 5.75 Å². The third kappa shape index (κ3) is 3.85. The van der Waals surface area contributed by atoms with Crippen LogP contribution in [0.25, 0.3) is 0 Å². The number of benzene rings is 2. The molecule has 2 aromatic rings. The summed E-state index contributed by atoms with van der Waals surface area (Å²) in [7, 11) is 1.29. The molecule has 0 unspecified atom stereocenters. The fraction of sp³-hybridized carbons (Fsp3) is 0.188. The highest BCUT2D eigenvalue weighted by molar-refractivity contribution is 5.63. The van der Waals surface area contributed by atoms with E-state index in [1.807, 2.05) is 12.1 Å². The number of carbonyl (C=O) groups is 1. The Bertz CT molecular complexity index is 541. The first-order valence-corrected chi connectivity index (χ1v) is 6.07. The Morgan fingerprint density at radius 3 is 2.00 bits per heavy atom. The van der Waals surface area contributed by atoms with E-state index in [0.29, 0.717) is 5.75 Å². The van der Waals surface area contributed by atoms with E-state index in [9.17, 15) is 4.79 Å². The lowest BCUT2D eigenvalue weighted by Gasteiger charge is -2.05. The molecule has 3 nitrogen and oxygen atoms in total. The van der Waals surface area contributed by atoms with Crippen molar-refractivity contribution in [1.29, 1.82) is 0 Å². The molecule has 0 saturated heterocycles. The Morgan fingerprint density at radius 2 is 1.47 bits per heavy atom. The van der Waals surface area contributed by atoms with Crippen LogP contribution in [0.5, 0.6) is 5.75 Å². The number of rotatable bonds is 3. The van der Waals surface area contributed by atoms with Gasteiger partial charge in [-0.25, -0.2) is 4.79 Å². The molecule has 0 saturated carbocycles. The summed E-state index contributed by atoms with van der Waals surface area (Å²) >= 11 is 0. The average molecular weight is 256 g/mol. The molecule has 0 amide bonds. The van der Waals surface area contributed by atoms with E-state index in [1.165, 1.54) is 23.8 Å². The largest absolute Gasteiger partial charge is 0.513 e. The molecule has 3 heteroatoms. The van der Waals surface area contributed by atoms with Crippen LogP contribution in [-0.4, -0.2) is 13.3 Å². The van der Waals surface area contributed by atoms with Crippen LogP contribution in [0.4, 0.5) is 4.79 Å². The standard InChI is InChI=1S/C16H16O3/c1-12-3-5-13(6-4-12)11-14-7-9-15(10-8-14)19-16(17)18-2/h3-10H,11H2,1-2H3. The summed E-state index contributed by atoms with van der Waals surface area (Å²) < 4.78 is 9.35. The minimum absolute atomic E-state index is 0.486. The Morgan fingerprint density at radius 1 is 0.947 bits per heavy atom. The molecular weight excluding hydrogens is 240 g/mol. The zero-order valence-corrected chi connectivity index (χ0v) is 11.1. The summed E-state index contributed by atoms with van der Waals surface area (Å²) in [6.07, 6.45) is 0.157. The van der Waals surface area contributed by atoms with Crippen LogP contribution in [0.15, 0.2) is 48.5 Å². The molecule has 0 heterocycles. The van der Waals surface area contributed by atoms with Gasteiger partial charge in [-0.15, -0.1) is 0 Å². The van der Waals surface area contributed by atoms with Gasteiger partial charge in [0, 0.05) is 0 Å². The van der Waals surface area contributed by atoms with Gasteiger partial charge in [-0.05, 0) is 36.6 Å².